The van der Waals surface area contributed by atoms with E-state index in [1.54, 1.807) is 13.0 Å². The van der Waals surface area contributed by atoms with Crippen LogP contribution in [0.15, 0.2) is 28.2 Å². The van der Waals surface area contributed by atoms with Gasteiger partial charge < -0.3 is 5.73 Å². The number of hydrazone groups is 1. The molecule has 19 heavy (non-hydrogen) atoms. The lowest BCUT2D eigenvalue weighted by Crippen LogP contribution is -2.22. The van der Waals surface area contributed by atoms with Gasteiger partial charge in [-0.25, -0.2) is 0 Å². The van der Waals surface area contributed by atoms with Crippen molar-refractivity contribution in [1.29, 1.82) is 10.7 Å². The fourth-order valence-corrected chi connectivity index (χ4v) is 1.65. The summed E-state index contributed by atoms with van der Waals surface area (Å²) < 4.78 is 30.9. The van der Waals surface area contributed by atoms with Crippen LogP contribution in [0.1, 0.15) is 5.56 Å². The van der Waals surface area contributed by atoms with Crippen molar-refractivity contribution in [2.45, 2.75) is 11.8 Å². The number of rotatable bonds is 4. The average molecular weight is 281 g/mol. The molecule has 1 aromatic rings. The van der Waals surface area contributed by atoms with E-state index in [2.05, 4.69) is 10.5 Å². The number of nitrogens with two attached hydrogens (primary N) is 1. The van der Waals surface area contributed by atoms with Crippen LogP contribution in [0.4, 0.5) is 5.69 Å². The lowest BCUT2D eigenvalue weighted by Gasteiger charge is -2.07. The van der Waals surface area contributed by atoms with Gasteiger partial charge in [0.2, 0.25) is 5.71 Å². The Kier molecular flexibility index (Phi) is 4.21. The fraction of sp³-hybridized carbons (Fsp3) is 0.100. The van der Waals surface area contributed by atoms with Crippen LogP contribution in [0.5, 0.6) is 0 Å². The molecule has 0 aliphatic heterocycles. The summed E-state index contributed by atoms with van der Waals surface area (Å²) in [4.78, 5) is -0.308. The van der Waals surface area contributed by atoms with Crippen molar-refractivity contribution in [3.05, 3.63) is 23.8 Å². The molecule has 0 aromatic heterocycles. The molecule has 8 nitrogen and oxygen atoms in total. The normalized spacial score (nSPS) is 11.7. The SMILES string of the molecule is Cc1ccc(S(=O)(=O)O)cc1N/N=C(\C#N)C(=N)N. The van der Waals surface area contributed by atoms with E-state index in [-0.39, 0.29) is 16.3 Å². The van der Waals surface area contributed by atoms with E-state index in [0.717, 1.165) is 6.07 Å². The molecular formula is C10H11N5O3S. The van der Waals surface area contributed by atoms with Crippen LogP contribution >= 0.6 is 0 Å². The van der Waals surface area contributed by atoms with Crippen molar-refractivity contribution in [2.75, 3.05) is 5.43 Å². The molecule has 9 heteroatoms. The zero-order chi connectivity index (χ0) is 14.6. The molecular weight excluding hydrogens is 270 g/mol. The van der Waals surface area contributed by atoms with Crippen LogP contribution < -0.4 is 11.2 Å². The largest absolute Gasteiger partial charge is 0.382 e. The number of nitrogens with one attached hydrogen (secondary N) is 2. The first kappa shape index (κ1) is 14.6. The predicted octanol–water partition coefficient (Wildman–Crippen LogP) is 0.469. The highest BCUT2D eigenvalue weighted by atomic mass is 32.2. The van der Waals surface area contributed by atoms with Gasteiger partial charge in [0.25, 0.3) is 10.1 Å². The summed E-state index contributed by atoms with van der Waals surface area (Å²) >= 11 is 0. The number of benzene rings is 1. The average Bonchev–Trinajstić information content (AvgIpc) is 2.30. The second-order valence-corrected chi connectivity index (χ2v) is 4.97. The smallest absolute Gasteiger partial charge is 0.294 e. The summed E-state index contributed by atoms with van der Waals surface area (Å²) in [7, 11) is -4.32. The zero-order valence-corrected chi connectivity index (χ0v) is 10.7. The Morgan fingerprint density at radius 2 is 2.21 bits per heavy atom. The molecule has 1 aromatic carbocycles. The number of aryl methyl sites for hydroxylation is 1. The predicted molar refractivity (Wildman–Crippen MR) is 69.6 cm³/mol. The minimum atomic E-state index is -4.32. The van der Waals surface area contributed by atoms with Crippen LogP contribution in [0.25, 0.3) is 0 Å². The van der Waals surface area contributed by atoms with Crippen LogP contribution in [-0.4, -0.2) is 24.5 Å². The Labute approximate surface area is 109 Å². The first-order valence-electron chi connectivity index (χ1n) is 4.92. The minimum absolute atomic E-state index is 0.268. The Balaban J connectivity index is 3.16. The zero-order valence-electron chi connectivity index (χ0n) is 9.88. The summed E-state index contributed by atoms with van der Waals surface area (Å²) in [5.74, 6) is -0.515. The molecule has 0 bridgehead atoms. The van der Waals surface area contributed by atoms with Gasteiger partial charge in [-0.3, -0.25) is 15.4 Å². The quantitative estimate of drug-likeness (QED) is 0.272. The lowest BCUT2D eigenvalue weighted by molar-refractivity contribution is 0.483. The van der Waals surface area contributed by atoms with Gasteiger partial charge in [-0.1, -0.05) is 6.07 Å². The van der Waals surface area contributed by atoms with E-state index < -0.39 is 16.0 Å². The van der Waals surface area contributed by atoms with Crippen molar-refractivity contribution in [1.82, 2.24) is 0 Å². The van der Waals surface area contributed by atoms with Crippen molar-refractivity contribution < 1.29 is 13.0 Å². The van der Waals surface area contributed by atoms with Crippen molar-refractivity contribution in [3.8, 4) is 6.07 Å². The summed E-state index contributed by atoms with van der Waals surface area (Å²) in [6.07, 6.45) is 0. The molecule has 0 spiro atoms. The van der Waals surface area contributed by atoms with E-state index in [0.29, 0.717) is 5.56 Å². The molecule has 1 rings (SSSR count). The van der Waals surface area contributed by atoms with Gasteiger partial charge >= 0.3 is 0 Å². The molecule has 0 unspecified atom stereocenters. The van der Waals surface area contributed by atoms with E-state index >= 15 is 0 Å². The highest BCUT2D eigenvalue weighted by Crippen LogP contribution is 2.20. The monoisotopic (exact) mass is 281 g/mol. The van der Waals surface area contributed by atoms with Gasteiger partial charge in [-0.2, -0.15) is 18.8 Å². The molecule has 5 N–H and O–H groups in total. The summed E-state index contributed by atoms with van der Waals surface area (Å²) in [5.41, 5.74) is 8.10. The molecule has 100 valence electrons. The number of anilines is 1. The van der Waals surface area contributed by atoms with E-state index in [9.17, 15) is 8.42 Å². The molecule has 0 atom stereocenters. The highest BCUT2D eigenvalue weighted by Gasteiger charge is 2.11. The van der Waals surface area contributed by atoms with Gasteiger partial charge in [0.05, 0.1) is 10.6 Å². The van der Waals surface area contributed by atoms with E-state index in [1.807, 2.05) is 0 Å². The van der Waals surface area contributed by atoms with Crippen molar-refractivity contribution >= 4 is 27.4 Å². The standard InChI is InChI=1S/C10H11N5O3S/c1-6-2-3-7(19(16,17)18)4-8(6)14-15-9(5-11)10(12)13/h2-4,14H,1H3,(H3,12,13)(H,16,17,18)/b15-9+. The first-order chi connectivity index (χ1) is 8.75. The van der Waals surface area contributed by atoms with Crippen LogP contribution in [0.3, 0.4) is 0 Å². The van der Waals surface area contributed by atoms with Gasteiger partial charge in [-0.05, 0) is 24.6 Å². The molecule has 0 radical (unpaired) electrons. The number of nitriles is 1. The van der Waals surface area contributed by atoms with Crippen LogP contribution in [-0.2, 0) is 10.1 Å². The van der Waals surface area contributed by atoms with E-state index in [1.165, 1.54) is 12.1 Å². The van der Waals surface area contributed by atoms with Crippen LogP contribution in [0.2, 0.25) is 0 Å². The topological polar surface area (TPSA) is 152 Å². The van der Waals surface area contributed by atoms with Gasteiger partial charge in [0.15, 0.2) is 5.84 Å². The third kappa shape index (κ3) is 3.77. The Bertz CT molecular complexity index is 688. The molecule has 0 saturated heterocycles. The van der Waals surface area contributed by atoms with Gasteiger partial charge in [0.1, 0.15) is 6.07 Å². The lowest BCUT2D eigenvalue weighted by atomic mass is 10.2. The summed E-state index contributed by atoms with van der Waals surface area (Å²) in [6.45, 7) is 1.67. The van der Waals surface area contributed by atoms with Gasteiger partial charge in [-0.15, -0.1) is 0 Å². The maximum absolute atomic E-state index is 11.0. The van der Waals surface area contributed by atoms with E-state index in [4.69, 9.17) is 21.0 Å². The van der Waals surface area contributed by atoms with Crippen LogP contribution in [0, 0.1) is 23.7 Å². The molecule has 0 saturated carbocycles. The second-order valence-electron chi connectivity index (χ2n) is 3.55. The Morgan fingerprint density at radius 3 is 2.68 bits per heavy atom. The maximum atomic E-state index is 11.0. The second kappa shape index (κ2) is 5.47. The Hall–Kier alpha value is -2.44. The summed E-state index contributed by atoms with van der Waals surface area (Å²) in [5, 5.41) is 19.3. The third-order valence-electron chi connectivity index (χ3n) is 2.16. The highest BCUT2D eigenvalue weighted by molar-refractivity contribution is 7.85. The van der Waals surface area contributed by atoms with Gasteiger partial charge in [0, 0.05) is 0 Å². The fourth-order valence-electron chi connectivity index (χ4n) is 1.14. The number of hydrogen-bond acceptors (Lipinski definition) is 6. The van der Waals surface area contributed by atoms with Crippen molar-refractivity contribution in [2.24, 2.45) is 10.8 Å². The van der Waals surface area contributed by atoms with Crippen molar-refractivity contribution in [3.63, 3.8) is 0 Å². The molecule has 0 aliphatic rings. The third-order valence-corrected chi connectivity index (χ3v) is 3.01. The number of amidine groups is 1. The number of hydrogen-bond donors (Lipinski definition) is 4. The Morgan fingerprint density at radius 1 is 1.58 bits per heavy atom. The minimum Gasteiger partial charge on any atom is -0.382 e. The number of nitrogens with zero attached hydrogens (tertiary/aromatic N) is 2. The summed E-state index contributed by atoms with van der Waals surface area (Å²) in [6, 6.07) is 5.45. The maximum Gasteiger partial charge on any atom is 0.294 e. The molecule has 0 aliphatic carbocycles. The molecule has 0 amide bonds. The first-order valence-corrected chi connectivity index (χ1v) is 6.36. The molecule has 0 fully saturated rings. The molecule has 0 heterocycles.